The number of nitrogens with zero attached hydrogens (tertiary/aromatic N) is 2. The topological polar surface area (TPSA) is 71.4 Å². The number of carbonyl (C=O) groups is 2. The highest BCUT2D eigenvalue weighted by Gasteiger charge is 2.13. The van der Waals surface area contributed by atoms with E-state index in [-0.39, 0.29) is 30.3 Å². The number of carbonyl (C=O) groups excluding carboxylic acids is 2. The minimum absolute atomic E-state index is 0.0303. The van der Waals surface area contributed by atoms with Crippen molar-refractivity contribution in [3.05, 3.63) is 65.1 Å². The molecule has 6 nitrogen and oxygen atoms in total. The van der Waals surface area contributed by atoms with Crippen LogP contribution in [0.25, 0.3) is 0 Å². The number of likely N-dealkylation sites (N-methyl/N-ethyl adjacent to an activating group) is 1. The van der Waals surface area contributed by atoms with Gasteiger partial charge in [-0.3, -0.25) is 14.4 Å². The van der Waals surface area contributed by atoms with Gasteiger partial charge >= 0.3 is 0 Å². The molecule has 1 N–H and O–H groups in total. The molecule has 0 aliphatic carbocycles. The van der Waals surface area contributed by atoms with E-state index in [4.69, 9.17) is 0 Å². The molecular weight excluding hydrogens is 294 g/mol. The van der Waals surface area contributed by atoms with Crippen LogP contribution in [0.3, 0.4) is 0 Å². The van der Waals surface area contributed by atoms with Gasteiger partial charge in [-0.1, -0.05) is 24.3 Å². The lowest BCUT2D eigenvalue weighted by Gasteiger charge is -2.17. The van der Waals surface area contributed by atoms with E-state index >= 15 is 0 Å². The monoisotopic (exact) mass is 313 g/mol. The minimum atomic E-state index is -0.260. The van der Waals surface area contributed by atoms with Gasteiger partial charge in [0.15, 0.2) is 0 Å². The fraction of sp³-hybridized carbons (Fsp3) is 0.235. The fourth-order valence-corrected chi connectivity index (χ4v) is 2.08. The van der Waals surface area contributed by atoms with Gasteiger partial charge in [-0.15, -0.1) is 0 Å². The summed E-state index contributed by atoms with van der Waals surface area (Å²) in [6, 6.07) is 13.9. The average Bonchev–Trinajstić information content (AvgIpc) is 2.54. The van der Waals surface area contributed by atoms with Crippen LogP contribution in [0.1, 0.15) is 6.42 Å². The number of aryl methyl sites for hydroxylation is 1. The zero-order valence-electron chi connectivity index (χ0n) is 12.9. The summed E-state index contributed by atoms with van der Waals surface area (Å²) >= 11 is 0. The van der Waals surface area contributed by atoms with Crippen LogP contribution in [0.5, 0.6) is 0 Å². The molecule has 0 fully saturated rings. The summed E-state index contributed by atoms with van der Waals surface area (Å²) in [5.74, 6) is -0.451. The number of rotatable bonds is 6. The molecule has 0 spiro atoms. The van der Waals surface area contributed by atoms with Crippen molar-refractivity contribution in [2.24, 2.45) is 0 Å². The molecule has 2 amide bonds. The van der Waals surface area contributed by atoms with Crippen molar-refractivity contribution in [2.75, 3.05) is 18.9 Å². The quantitative estimate of drug-likeness (QED) is 0.874. The van der Waals surface area contributed by atoms with Crippen molar-refractivity contribution in [3.63, 3.8) is 0 Å². The predicted octanol–water partition coefficient (Wildman–Crippen LogP) is 1.34. The van der Waals surface area contributed by atoms with Crippen molar-refractivity contribution in [3.8, 4) is 0 Å². The van der Waals surface area contributed by atoms with E-state index in [1.807, 2.05) is 18.2 Å². The Kier molecular flexibility index (Phi) is 5.68. The van der Waals surface area contributed by atoms with Crippen molar-refractivity contribution in [1.82, 2.24) is 9.47 Å². The Balaban J connectivity index is 1.82. The van der Waals surface area contributed by atoms with E-state index in [0.29, 0.717) is 12.2 Å². The van der Waals surface area contributed by atoms with E-state index in [0.717, 1.165) is 0 Å². The predicted molar refractivity (Wildman–Crippen MR) is 88.0 cm³/mol. The molecule has 0 saturated carbocycles. The summed E-state index contributed by atoms with van der Waals surface area (Å²) in [6.07, 6.45) is 1.80. The van der Waals surface area contributed by atoms with Gasteiger partial charge in [0.25, 0.3) is 5.56 Å². The molecule has 120 valence electrons. The Morgan fingerprint density at radius 2 is 1.78 bits per heavy atom. The molecule has 0 aliphatic rings. The highest BCUT2D eigenvalue weighted by molar-refractivity contribution is 5.94. The molecule has 1 heterocycles. The van der Waals surface area contributed by atoms with Crippen LogP contribution >= 0.6 is 0 Å². The van der Waals surface area contributed by atoms with Crippen LogP contribution in [0.15, 0.2) is 59.5 Å². The Hall–Kier alpha value is -2.89. The van der Waals surface area contributed by atoms with Gasteiger partial charge in [0.2, 0.25) is 11.8 Å². The average molecular weight is 313 g/mol. The summed E-state index contributed by atoms with van der Waals surface area (Å²) in [5.41, 5.74) is 0.541. The zero-order chi connectivity index (χ0) is 16.7. The van der Waals surface area contributed by atoms with Crippen molar-refractivity contribution in [2.45, 2.75) is 13.0 Å². The first-order chi connectivity index (χ1) is 11.1. The highest BCUT2D eigenvalue weighted by Crippen LogP contribution is 2.05. The van der Waals surface area contributed by atoms with Gasteiger partial charge in [0, 0.05) is 38.0 Å². The van der Waals surface area contributed by atoms with E-state index in [1.54, 1.807) is 37.5 Å². The van der Waals surface area contributed by atoms with Crippen LogP contribution < -0.4 is 10.9 Å². The summed E-state index contributed by atoms with van der Waals surface area (Å²) < 4.78 is 1.47. The van der Waals surface area contributed by atoms with Crippen LogP contribution in [-0.4, -0.2) is 34.9 Å². The third-order valence-corrected chi connectivity index (χ3v) is 3.33. The third-order valence-electron chi connectivity index (χ3n) is 3.33. The molecule has 2 rings (SSSR count). The maximum absolute atomic E-state index is 12.0. The lowest BCUT2D eigenvalue weighted by atomic mass is 10.3. The van der Waals surface area contributed by atoms with E-state index < -0.39 is 0 Å². The van der Waals surface area contributed by atoms with Crippen molar-refractivity contribution >= 4 is 17.5 Å². The molecule has 0 unspecified atom stereocenters. The maximum atomic E-state index is 12.0. The summed E-state index contributed by atoms with van der Waals surface area (Å²) in [5, 5.41) is 2.72. The normalized spacial score (nSPS) is 10.1. The molecule has 2 aromatic rings. The molecule has 0 radical (unpaired) electrons. The van der Waals surface area contributed by atoms with Gasteiger partial charge < -0.3 is 14.8 Å². The van der Waals surface area contributed by atoms with Gasteiger partial charge in [-0.2, -0.15) is 0 Å². The first kappa shape index (κ1) is 16.5. The summed E-state index contributed by atoms with van der Waals surface area (Å²) in [4.78, 5) is 36.9. The number of aromatic nitrogens is 1. The first-order valence-electron chi connectivity index (χ1n) is 7.30. The molecule has 0 atom stereocenters. The molecule has 1 aromatic heterocycles. The Bertz CT molecular complexity index is 725. The zero-order valence-corrected chi connectivity index (χ0v) is 12.9. The fourth-order valence-electron chi connectivity index (χ4n) is 2.08. The number of hydrogen-bond donors (Lipinski definition) is 1. The molecule has 6 heteroatoms. The van der Waals surface area contributed by atoms with Crippen LogP contribution in [0.2, 0.25) is 0 Å². The lowest BCUT2D eigenvalue weighted by Crippen LogP contribution is -2.35. The first-order valence-corrected chi connectivity index (χ1v) is 7.30. The summed E-state index contributed by atoms with van der Waals surface area (Å²) in [7, 11) is 1.57. The Labute approximate surface area is 134 Å². The second-order valence-corrected chi connectivity index (χ2v) is 5.15. The second-order valence-electron chi connectivity index (χ2n) is 5.15. The Morgan fingerprint density at radius 3 is 2.48 bits per heavy atom. The van der Waals surface area contributed by atoms with Crippen LogP contribution in [-0.2, 0) is 16.1 Å². The van der Waals surface area contributed by atoms with Gasteiger partial charge in [0.05, 0.1) is 6.54 Å². The van der Waals surface area contributed by atoms with E-state index in [2.05, 4.69) is 5.32 Å². The number of benzene rings is 1. The van der Waals surface area contributed by atoms with E-state index in [9.17, 15) is 14.4 Å². The van der Waals surface area contributed by atoms with Gasteiger partial charge in [-0.05, 0) is 18.2 Å². The van der Waals surface area contributed by atoms with Crippen molar-refractivity contribution < 1.29 is 9.59 Å². The SMILES string of the molecule is CN(CC(=O)Nc1ccccc1)C(=O)CCn1ccccc1=O. The molecule has 0 bridgehead atoms. The smallest absolute Gasteiger partial charge is 0.250 e. The third kappa shape index (κ3) is 5.10. The standard InChI is InChI=1S/C17H19N3O3/c1-19(13-15(21)18-14-7-3-2-4-8-14)16(22)10-12-20-11-6-5-9-17(20)23/h2-9,11H,10,12-13H2,1H3,(H,18,21). The number of para-hydroxylation sites is 1. The molecule has 1 aromatic carbocycles. The lowest BCUT2D eigenvalue weighted by molar-refractivity contribution is -0.133. The number of pyridine rings is 1. The largest absolute Gasteiger partial charge is 0.336 e. The molecule has 23 heavy (non-hydrogen) atoms. The number of nitrogens with one attached hydrogen (secondary N) is 1. The van der Waals surface area contributed by atoms with Crippen LogP contribution in [0, 0.1) is 0 Å². The highest BCUT2D eigenvalue weighted by atomic mass is 16.2. The molecule has 0 aliphatic heterocycles. The molecule has 0 saturated heterocycles. The number of amides is 2. The maximum Gasteiger partial charge on any atom is 0.250 e. The second kappa shape index (κ2) is 7.93. The number of anilines is 1. The minimum Gasteiger partial charge on any atom is -0.336 e. The van der Waals surface area contributed by atoms with E-state index in [1.165, 1.54) is 15.5 Å². The Morgan fingerprint density at radius 1 is 1.09 bits per heavy atom. The molecular formula is C17H19N3O3. The van der Waals surface area contributed by atoms with Gasteiger partial charge in [-0.25, -0.2) is 0 Å². The summed E-state index contributed by atoms with van der Waals surface area (Å²) in [6.45, 7) is 0.264. The van der Waals surface area contributed by atoms with Crippen molar-refractivity contribution in [1.29, 1.82) is 0 Å². The van der Waals surface area contributed by atoms with Crippen LogP contribution in [0.4, 0.5) is 5.69 Å². The number of hydrogen-bond acceptors (Lipinski definition) is 3. The van der Waals surface area contributed by atoms with Gasteiger partial charge in [0.1, 0.15) is 0 Å².